The molecule has 7 heteroatoms. The number of hydrogen-bond acceptors (Lipinski definition) is 5. The van der Waals surface area contributed by atoms with Gasteiger partial charge in [0.1, 0.15) is 21.3 Å². The largest absolute Gasteiger partial charge is 0.305 e. The van der Waals surface area contributed by atoms with Crippen molar-refractivity contribution >= 4 is 50.6 Å². The number of hydrogen-bond donors (Lipinski definition) is 0. The smallest absolute Gasteiger partial charge is 0.137 e. The lowest BCUT2D eigenvalue weighted by Gasteiger charge is -2.03. The highest BCUT2D eigenvalue weighted by molar-refractivity contribution is 7.98. The van der Waals surface area contributed by atoms with E-state index in [-0.39, 0.29) is 0 Å². The maximum atomic E-state index is 6.03. The van der Waals surface area contributed by atoms with Crippen LogP contribution in [0, 0.1) is 20.8 Å². The van der Waals surface area contributed by atoms with Gasteiger partial charge in [0.2, 0.25) is 0 Å². The van der Waals surface area contributed by atoms with E-state index in [9.17, 15) is 0 Å². The van der Waals surface area contributed by atoms with E-state index in [1.54, 1.807) is 23.1 Å². The fourth-order valence-electron chi connectivity index (χ4n) is 2.65. The molecular formula is C17H15ClN4S2. The van der Waals surface area contributed by atoms with Crippen LogP contribution in [-0.4, -0.2) is 19.4 Å². The molecule has 0 amide bonds. The molecule has 0 aliphatic carbocycles. The minimum atomic E-state index is 0.705. The number of rotatable bonds is 3. The lowest BCUT2D eigenvalue weighted by molar-refractivity contribution is 1.01. The molecule has 4 aromatic rings. The summed E-state index contributed by atoms with van der Waals surface area (Å²) in [5.74, 6) is 1.58. The molecule has 24 heavy (non-hydrogen) atoms. The van der Waals surface area contributed by atoms with Crippen LogP contribution in [0.2, 0.25) is 5.02 Å². The summed E-state index contributed by atoms with van der Waals surface area (Å²) in [6.45, 7) is 6.22. The van der Waals surface area contributed by atoms with Crippen LogP contribution in [0.1, 0.15) is 22.0 Å². The van der Waals surface area contributed by atoms with Gasteiger partial charge in [0.15, 0.2) is 0 Å². The van der Waals surface area contributed by atoms with Crippen molar-refractivity contribution in [2.24, 2.45) is 0 Å². The van der Waals surface area contributed by atoms with Crippen molar-refractivity contribution in [3.8, 4) is 0 Å². The molecule has 0 saturated heterocycles. The summed E-state index contributed by atoms with van der Waals surface area (Å²) in [5, 5.41) is 2.92. The first-order valence-corrected chi connectivity index (χ1v) is 9.69. The second-order valence-electron chi connectivity index (χ2n) is 5.67. The molecule has 4 nitrogen and oxygen atoms in total. The van der Waals surface area contributed by atoms with Crippen LogP contribution in [-0.2, 0) is 5.75 Å². The average molecular weight is 375 g/mol. The van der Waals surface area contributed by atoms with E-state index >= 15 is 0 Å². The number of aryl methyl sites for hydroxylation is 3. The molecule has 4 aromatic heterocycles. The minimum absolute atomic E-state index is 0.705. The number of fused-ring (bicyclic) bond motifs is 2. The second kappa shape index (κ2) is 6.02. The monoisotopic (exact) mass is 374 g/mol. The molecule has 0 N–H and O–H groups in total. The van der Waals surface area contributed by atoms with Gasteiger partial charge < -0.3 is 4.40 Å². The molecule has 0 aliphatic rings. The molecule has 0 fully saturated rings. The zero-order chi connectivity index (χ0) is 16.8. The Bertz CT molecular complexity index is 1070. The molecule has 0 atom stereocenters. The van der Waals surface area contributed by atoms with Gasteiger partial charge in [-0.25, -0.2) is 15.0 Å². The van der Waals surface area contributed by atoms with Crippen molar-refractivity contribution < 1.29 is 0 Å². The molecule has 0 bridgehead atoms. The second-order valence-corrected chi connectivity index (χ2v) is 8.28. The van der Waals surface area contributed by atoms with Crippen LogP contribution in [0.5, 0.6) is 0 Å². The zero-order valence-corrected chi connectivity index (χ0v) is 15.9. The Labute approximate surface area is 152 Å². The summed E-state index contributed by atoms with van der Waals surface area (Å²) < 4.78 is 1.96. The highest BCUT2D eigenvalue weighted by Crippen LogP contribution is 2.36. The summed E-state index contributed by atoms with van der Waals surface area (Å²) in [5.41, 5.74) is 3.19. The number of aromatic nitrogens is 4. The average Bonchev–Trinajstić information content (AvgIpc) is 3.05. The van der Waals surface area contributed by atoms with E-state index in [0.29, 0.717) is 5.02 Å². The van der Waals surface area contributed by atoms with E-state index in [1.807, 2.05) is 35.9 Å². The van der Waals surface area contributed by atoms with Crippen molar-refractivity contribution in [2.75, 3.05) is 0 Å². The minimum Gasteiger partial charge on any atom is -0.305 e. The van der Waals surface area contributed by atoms with Gasteiger partial charge in [-0.15, -0.1) is 11.3 Å². The van der Waals surface area contributed by atoms with E-state index in [0.717, 1.165) is 32.8 Å². The Balaban J connectivity index is 1.68. The van der Waals surface area contributed by atoms with Gasteiger partial charge in [0.05, 0.1) is 10.7 Å². The van der Waals surface area contributed by atoms with Gasteiger partial charge in [0.25, 0.3) is 0 Å². The number of thioether (sulfide) groups is 1. The van der Waals surface area contributed by atoms with Gasteiger partial charge in [-0.1, -0.05) is 23.4 Å². The van der Waals surface area contributed by atoms with Gasteiger partial charge in [0, 0.05) is 28.4 Å². The van der Waals surface area contributed by atoms with Crippen LogP contribution in [0.4, 0.5) is 0 Å². The van der Waals surface area contributed by atoms with Crippen LogP contribution < -0.4 is 0 Å². The van der Waals surface area contributed by atoms with Gasteiger partial charge in [-0.2, -0.15) is 0 Å². The summed E-state index contributed by atoms with van der Waals surface area (Å²) in [6, 6.07) is 3.78. The molecule has 0 radical (unpaired) electrons. The number of thiophene rings is 1. The fourth-order valence-corrected chi connectivity index (χ4v) is 4.97. The predicted molar refractivity (Wildman–Crippen MR) is 101 cm³/mol. The number of pyridine rings is 1. The first-order chi connectivity index (χ1) is 11.5. The first-order valence-electron chi connectivity index (χ1n) is 7.51. The summed E-state index contributed by atoms with van der Waals surface area (Å²) in [4.78, 5) is 16.3. The third kappa shape index (κ3) is 2.79. The van der Waals surface area contributed by atoms with E-state index in [2.05, 4.69) is 28.8 Å². The maximum Gasteiger partial charge on any atom is 0.137 e. The molecule has 0 aromatic carbocycles. The van der Waals surface area contributed by atoms with Crippen molar-refractivity contribution in [2.45, 2.75) is 31.6 Å². The number of nitrogens with zero attached hydrogens (tertiary/aromatic N) is 4. The third-order valence-electron chi connectivity index (χ3n) is 3.93. The lowest BCUT2D eigenvalue weighted by atomic mass is 10.2. The Hall–Kier alpha value is -1.63. The van der Waals surface area contributed by atoms with Crippen molar-refractivity contribution in [3.05, 3.63) is 51.5 Å². The standard InChI is InChI=1S/C17H15ClN4S2/c1-9-10(2)24-17-15(9)16(19-11(3)20-17)23-8-13-7-22-6-12(18)4-5-14(22)21-13/h4-7H,8H2,1-3H3. The lowest BCUT2D eigenvalue weighted by Crippen LogP contribution is -1.92. The fraction of sp³-hybridized carbons (Fsp3) is 0.235. The van der Waals surface area contributed by atoms with E-state index < -0.39 is 0 Å². The quantitative estimate of drug-likeness (QED) is 0.364. The molecule has 122 valence electrons. The van der Waals surface area contributed by atoms with Gasteiger partial charge in [-0.3, -0.25) is 0 Å². The van der Waals surface area contributed by atoms with E-state index in [4.69, 9.17) is 11.6 Å². The Morgan fingerprint density at radius 3 is 2.79 bits per heavy atom. The van der Waals surface area contributed by atoms with E-state index in [1.165, 1.54) is 15.8 Å². The molecule has 4 rings (SSSR count). The summed E-state index contributed by atoms with van der Waals surface area (Å²) in [6.07, 6.45) is 3.89. The summed E-state index contributed by atoms with van der Waals surface area (Å²) in [7, 11) is 0. The summed E-state index contributed by atoms with van der Waals surface area (Å²) >= 11 is 9.48. The van der Waals surface area contributed by atoms with Crippen LogP contribution in [0.15, 0.2) is 29.6 Å². The molecule has 0 saturated carbocycles. The maximum absolute atomic E-state index is 6.03. The van der Waals surface area contributed by atoms with Gasteiger partial charge in [-0.05, 0) is 38.5 Å². The number of imidazole rings is 1. The highest BCUT2D eigenvalue weighted by atomic mass is 35.5. The Morgan fingerprint density at radius 2 is 1.96 bits per heavy atom. The van der Waals surface area contributed by atoms with Crippen molar-refractivity contribution in [1.29, 1.82) is 0 Å². The van der Waals surface area contributed by atoms with Crippen LogP contribution in [0.25, 0.3) is 15.9 Å². The van der Waals surface area contributed by atoms with Gasteiger partial charge >= 0.3 is 0 Å². The number of halogens is 1. The predicted octanol–water partition coefficient (Wildman–Crippen LogP) is 5.21. The molecule has 0 aliphatic heterocycles. The SMILES string of the molecule is Cc1nc(SCc2cn3cc(Cl)ccc3n2)c2c(C)c(C)sc2n1. The Morgan fingerprint density at radius 1 is 1.12 bits per heavy atom. The molecule has 0 unspecified atom stereocenters. The third-order valence-corrected chi connectivity index (χ3v) is 6.26. The highest BCUT2D eigenvalue weighted by Gasteiger charge is 2.14. The molecular weight excluding hydrogens is 360 g/mol. The molecule has 4 heterocycles. The first kappa shape index (κ1) is 15.9. The van der Waals surface area contributed by atoms with Crippen LogP contribution >= 0.6 is 34.7 Å². The Kier molecular flexibility index (Phi) is 3.98. The van der Waals surface area contributed by atoms with Crippen molar-refractivity contribution in [1.82, 2.24) is 19.4 Å². The topological polar surface area (TPSA) is 43.1 Å². The van der Waals surface area contributed by atoms with Crippen molar-refractivity contribution in [3.63, 3.8) is 0 Å². The van der Waals surface area contributed by atoms with Crippen LogP contribution in [0.3, 0.4) is 0 Å². The molecule has 0 spiro atoms. The normalized spacial score (nSPS) is 11.7. The zero-order valence-electron chi connectivity index (χ0n) is 13.5.